The second-order valence-electron chi connectivity index (χ2n) is 3.48. The van der Waals surface area contributed by atoms with Gasteiger partial charge in [0.2, 0.25) is 0 Å². The zero-order valence-electron chi connectivity index (χ0n) is 8.98. The molecule has 1 aromatic carbocycles. The number of hydrogen-bond acceptors (Lipinski definition) is 4. The maximum Gasteiger partial charge on any atom is 0.293 e. The van der Waals surface area contributed by atoms with Crippen LogP contribution in [-0.4, -0.2) is 15.1 Å². The standard InChI is InChI=1S/C10H8FIN4O2/c11-7-3-9(10(16(17)18)4-8(7)12)13-5-6-1-2-14-15-6/h1-4,13H,5H2,(H,14,15). The van der Waals surface area contributed by atoms with Crippen molar-refractivity contribution in [2.75, 3.05) is 5.32 Å². The second-order valence-corrected chi connectivity index (χ2v) is 4.64. The van der Waals surface area contributed by atoms with E-state index in [0.29, 0.717) is 6.54 Å². The molecule has 0 aliphatic carbocycles. The highest BCUT2D eigenvalue weighted by Gasteiger charge is 2.17. The van der Waals surface area contributed by atoms with Crippen molar-refractivity contribution in [1.82, 2.24) is 10.2 Å². The van der Waals surface area contributed by atoms with Gasteiger partial charge in [-0.1, -0.05) is 0 Å². The first-order chi connectivity index (χ1) is 8.58. The monoisotopic (exact) mass is 362 g/mol. The summed E-state index contributed by atoms with van der Waals surface area (Å²) in [6.45, 7) is 0.306. The van der Waals surface area contributed by atoms with Crippen molar-refractivity contribution in [1.29, 1.82) is 0 Å². The zero-order valence-corrected chi connectivity index (χ0v) is 11.1. The molecule has 0 aliphatic rings. The van der Waals surface area contributed by atoms with Crippen LogP contribution < -0.4 is 5.32 Å². The topological polar surface area (TPSA) is 83.8 Å². The highest BCUT2D eigenvalue weighted by atomic mass is 127. The Labute approximate surface area is 115 Å². The Morgan fingerprint density at radius 3 is 2.94 bits per heavy atom. The average molecular weight is 362 g/mol. The van der Waals surface area contributed by atoms with Gasteiger partial charge in [-0.2, -0.15) is 5.10 Å². The summed E-state index contributed by atoms with van der Waals surface area (Å²) < 4.78 is 13.6. The van der Waals surface area contributed by atoms with Crippen LogP contribution in [0.15, 0.2) is 24.4 Å². The van der Waals surface area contributed by atoms with Crippen LogP contribution in [0.25, 0.3) is 0 Å². The quantitative estimate of drug-likeness (QED) is 0.498. The van der Waals surface area contributed by atoms with E-state index in [1.807, 2.05) is 0 Å². The van der Waals surface area contributed by atoms with Crippen LogP contribution in [0.1, 0.15) is 5.69 Å². The van der Waals surface area contributed by atoms with Gasteiger partial charge in [0.1, 0.15) is 11.5 Å². The van der Waals surface area contributed by atoms with Crippen molar-refractivity contribution < 1.29 is 9.31 Å². The summed E-state index contributed by atoms with van der Waals surface area (Å²) in [5, 5.41) is 20.1. The molecule has 8 heteroatoms. The van der Waals surface area contributed by atoms with E-state index in [-0.39, 0.29) is 14.9 Å². The molecule has 2 rings (SSSR count). The van der Waals surface area contributed by atoms with Crippen LogP contribution in [0.3, 0.4) is 0 Å². The molecule has 6 nitrogen and oxygen atoms in total. The molecule has 0 unspecified atom stereocenters. The zero-order chi connectivity index (χ0) is 13.1. The summed E-state index contributed by atoms with van der Waals surface area (Å²) in [6.07, 6.45) is 1.57. The summed E-state index contributed by atoms with van der Waals surface area (Å²) in [4.78, 5) is 10.3. The van der Waals surface area contributed by atoms with Crippen LogP contribution in [0, 0.1) is 19.5 Å². The number of nitro benzene ring substituents is 1. The number of aromatic nitrogens is 2. The Morgan fingerprint density at radius 2 is 2.33 bits per heavy atom. The van der Waals surface area contributed by atoms with Crippen LogP contribution in [0.4, 0.5) is 15.8 Å². The van der Waals surface area contributed by atoms with Crippen molar-refractivity contribution in [3.8, 4) is 0 Å². The van der Waals surface area contributed by atoms with Gasteiger partial charge in [0.05, 0.1) is 20.7 Å². The van der Waals surface area contributed by atoms with E-state index in [0.717, 1.165) is 11.8 Å². The fourth-order valence-electron chi connectivity index (χ4n) is 1.40. The average Bonchev–Trinajstić information content (AvgIpc) is 2.83. The fourth-order valence-corrected chi connectivity index (χ4v) is 1.85. The molecule has 0 saturated carbocycles. The van der Waals surface area contributed by atoms with Gasteiger partial charge in [0.15, 0.2) is 0 Å². The lowest BCUT2D eigenvalue weighted by Gasteiger charge is -2.06. The van der Waals surface area contributed by atoms with E-state index in [1.54, 1.807) is 34.9 Å². The molecule has 0 spiro atoms. The van der Waals surface area contributed by atoms with Gasteiger partial charge in [-0.3, -0.25) is 15.2 Å². The number of halogens is 2. The normalized spacial score (nSPS) is 10.3. The lowest BCUT2D eigenvalue weighted by atomic mass is 10.2. The van der Waals surface area contributed by atoms with E-state index in [2.05, 4.69) is 15.5 Å². The molecule has 0 aliphatic heterocycles. The highest BCUT2D eigenvalue weighted by Crippen LogP contribution is 2.28. The minimum atomic E-state index is -0.545. The molecule has 0 saturated heterocycles. The van der Waals surface area contributed by atoms with E-state index in [4.69, 9.17) is 0 Å². The molecule has 0 bridgehead atoms. The molecule has 94 valence electrons. The maximum atomic E-state index is 13.4. The fraction of sp³-hybridized carbons (Fsp3) is 0.100. The van der Waals surface area contributed by atoms with Crippen molar-refractivity contribution in [3.63, 3.8) is 0 Å². The van der Waals surface area contributed by atoms with Crippen molar-refractivity contribution in [2.24, 2.45) is 0 Å². The molecule has 2 aromatic rings. The molecular weight excluding hydrogens is 354 g/mol. The van der Waals surface area contributed by atoms with E-state index in [9.17, 15) is 14.5 Å². The molecule has 18 heavy (non-hydrogen) atoms. The highest BCUT2D eigenvalue weighted by molar-refractivity contribution is 14.1. The molecule has 0 atom stereocenters. The third-order valence-corrected chi connectivity index (χ3v) is 3.09. The molecule has 0 radical (unpaired) electrons. The number of benzene rings is 1. The number of nitrogens with one attached hydrogen (secondary N) is 2. The largest absolute Gasteiger partial charge is 0.374 e. The van der Waals surface area contributed by atoms with Crippen molar-refractivity contribution in [3.05, 3.63) is 49.6 Å². The number of hydrogen-bond donors (Lipinski definition) is 2. The SMILES string of the molecule is O=[N+]([O-])c1cc(I)c(F)cc1NCc1ccn[nH]1. The van der Waals surface area contributed by atoms with Gasteiger partial charge in [-0.05, 0) is 28.7 Å². The third kappa shape index (κ3) is 2.75. The molecule has 0 fully saturated rings. The predicted octanol–water partition coefficient (Wildman–Crippen LogP) is 2.67. The number of rotatable bonds is 4. The Kier molecular flexibility index (Phi) is 3.75. The van der Waals surface area contributed by atoms with Crippen LogP contribution >= 0.6 is 22.6 Å². The lowest BCUT2D eigenvalue weighted by Crippen LogP contribution is -2.04. The Balaban J connectivity index is 2.25. The maximum absolute atomic E-state index is 13.4. The lowest BCUT2D eigenvalue weighted by molar-refractivity contribution is -0.384. The van der Waals surface area contributed by atoms with E-state index in [1.165, 1.54) is 6.07 Å². The predicted molar refractivity (Wildman–Crippen MR) is 71.7 cm³/mol. The van der Waals surface area contributed by atoms with Crippen LogP contribution in [0.2, 0.25) is 0 Å². The van der Waals surface area contributed by atoms with Gasteiger partial charge in [-0.15, -0.1) is 0 Å². The van der Waals surface area contributed by atoms with E-state index >= 15 is 0 Å². The number of aromatic amines is 1. The first-order valence-corrected chi connectivity index (χ1v) is 6.01. The number of nitrogens with zero attached hydrogens (tertiary/aromatic N) is 2. The van der Waals surface area contributed by atoms with Gasteiger partial charge in [-0.25, -0.2) is 4.39 Å². The minimum Gasteiger partial charge on any atom is -0.374 e. The Hall–Kier alpha value is -1.71. The summed E-state index contributed by atoms with van der Waals surface area (Å²) in [5.41, 5.74) is 0.746. The Morgan fingerprint density at radius 1 is 1.56 bits per heavy atom. The number of H-pyrrole nitrogens is 1. The smallest absolute Gasteiger partial charge is 0.293 e. The number of nitro groups is 1. The Bertz CT molecular complexity index is 574. The van der Waals surface area contributed by atoms with Gasteiger partial charge in [0, 0.05) is 18.3 Å². The molecule has 0 amide bonds. The van der Waals surface area contributed by atoms with Gasteiger partial charge in [0.25, 0.3) is 5.69 Å². The summed E-state index contributed by atoms with van der Waals surface area (Å²) in [6, 6.07) is 4.04. The van der Waals surface area contributed by atoms with Crippen molar-refractivity contribution in [2.45, 2.75) is 6.54 Å². The summed E-state index contributed by atoms with van der Waals surface area (Å²) in [5.74, 6) is -0.492. The summed E-state index contributed by atoms with van der Waals surface area (Å²) >= 11 is 1.72. The molecular formula is C10H8FIN4O2. The third-order valence-electron chi connectivity index (χ3n) is 2.26. The molecule has 2 N–H and O–H groups in total. The minimum absolute atomic E-state index is 0.146. The number of anilines is 1. The van der Waals surface area contributed by atoms with Crippen molar-refractivity contribution >= 4 is 34.0 Å². The van der Waals surface area contributed by atoms with Gasteiger partial charge >= 0.3 is 0 Å². The van der Waals surface area contributed by atoms with E-state index < -0.39 is 10.7 Å². The van der Waals surface area contributed by atoms with Crippen LogP contribution in [-0.2, 0) is 6.54 Å². The van der Waals surface area contributed by atoms with Gasteiger partial charge < -0.3 is 5.32 Å². The first-order valence-electron chi connectivity index (χ1n) is 4.93. The summed E-state index contributed by atoms with van der Waals surface area (Å²) in [7, 11) is 0. The first kappa shape index (κ1) is 12.7. The molecule has 1 aromatic heterocycles. The molecule has 1 heterocycles. The van der Waals surface area contributed by atoms with Crippen LogP contribution in [0.5, 0.6) is 0 Å². The second kappa shape index (κ2) is 5.29.